The van der Waals surface area contributed by atoms with E-state index in [1.54, 1.807) is 18.9 Å². The zero-order chi connectivity index (χ0) is 12.1. The fraction of sp³-hybridized carbons (Fsp3) is 0.0667. The minimum atomic E-state index is 0.881. The molecule has 1 nitrogen and oxygen atoms in total. The zero-order valence-electron chi connectivity index (χ0n) is 9.72. The Morgan fingerprint density at radius 3 is 2.41 bits per heavy atom. The number of hydrogen-bond donors (Lipinski definition) is 0. The monoisotopic (exact) mass is 242 g/mol. The number of rotatable bonds is 4. The molecule has 0 N–H and O–H groups in total. The van der Waals surface area contributed by atoms with Gasteiger partial charge in [0.05, 0.1) is 7.11 Å². The summed E-state index contributed by atoms with van der Waals surface area (Å²) in [6.07, 6.45) is 1.88. The molecule has 0 unspecified atom stereocenters. The second kappa shape index (κ2) is 5.60. The molecule has 0 aliphatic heterocycles. The highest BCUT2D eigenvalue weighted by Crippen LogP contribution is 2.31. The third kappa shape index (κ3) is 2.92. The maximum atomic E-state index is 5.14. The van der Waals surface area contributed by atoms with Crippen molar-refractivity contribution in [3.8, 4) is 5.75 Å². The first kappa shape index (κ1) is 11.8. The van der Waals surface area contributed by atoms with Crippen LogP contribution in [0.1, 0.15) is 5.56 Å². The van der Waals surface area contributed by atoms with Gasteiger partial charge in [0.2, 0.25) is 0 Å². The molecular formula is C15H14OS. The van der Waals surface area contributed by atoms with Crippen molar-refractivity contribution in [1.29, 1.82) is 0 Å². The van der Waals surface area contributed by atoms with Gasteiger partial charge in [0.15, 0.2) is 0 Å². The highest BCUT2D eigenvalue weighted by molar-refractivity contribution is 7.99. The van der Waals surface area contributed by atoms with E-state index in [9.17, 15) is 0 Å². The molecule has 0 aliphatic rings. The average Bonchev–Trinajstić information content (AvgIpc) is 2.40. The van der Waals surface area contributed by atoms with Crippen LogP contribution in [-0.2, 0) is 0 Å². The van der Waals surface area contributed by atoms with Crippen molar-refractivity contribution >= 4 is 17.8 Å². The highest BCUT2D eigenvalue weighted by Gasteiger charge is 2.01. The number of benzene rings is 2. The van der Waals surface area contributed by atoms with Crippen molar-refractivity contribution in [2.45, 2.75) is 9.79 Å². The molecule has 0 bridgehead atoms. The Morgan fingerprint density at radius 1 is 1.06 bits per heavy atom. The maximum Gasteiger partial charge on any atom is 0.118 e. The number of hydrogen-bond acceptors (Lipinski definition) is 2. The van der Waals surface area contributed by atoms with E-state index in [0.29, 0.717) is 0 Å². The molecule has 17 heavy (non-hydrogen) atoms. The van der Waals surface area contributed by atoms with Crippen molar-refractivity contribution in [2.75, 3.05) is 7.11 Å². The summed E-state index contributed by atoms with van der Waals surface area (Å²) in [6, 6.07) is 16.3. The van der Waals surface area contributed by atoms with E-state index in [0.717, 1.165) is 11.3 Å². The zero-order valence-corrected chi connectivity index (χ0v) is 10.5. The topological polar surface area (TPSA) is 9.23 Å². The van der Waals surface area contributed by atoms with E-state index in [1.807, 2.05) is 30.3 Å². The van der Waals surface area contributed by atoms with Crippen molar-refractivity contribution in [2.24, 2.45) is 0 Å². The molecule has 0 aromatic heterocycles. The van der Waals surface area contributed by atoms with E-state index in [1.165, 1.54) is 9.79 Å². The molecule has 2 heteroatoms. The van der Waals surface area contributed by atoms with E-state index in [-0.39, 0.29) is 0 Å². The molecule has 0 heterocycles. The van der Waals surface area contributed by atoms with Crippen molar-refractivity contribution in [3.05, 3.63) is 60.7 Å². The first-order valence-corrected chi connectivity index (χ1v) is 6.18. The van der Waals surface area contributed by atoms with Crippen LogP contribution in [0.4, 0.5) is 0 Å². The predicted molar refractivity (Wildman–Crippen MR) is 73.7 cm³/mol. The van der Waals surface area contributed by atoms with Gasteiger partial charge in [-0.15, -0.1) is 0 Å². The van der Waals surface area contributed by atoms with E-state index < -0.39 is 0 Å². The fourth-order valence-electron chi connectivity index (χ4n) is 1.51. The summed E-state index contributed by atoms with van der Waals surface area (Å²) in [6.45, 7) is 3.83. The molecule has 0 atom stereocenters. The average molecular weight is 242 g/mol. The van der Waals surface area contributed by atoms with Crippen LogP contribution in [0.25, 0.3) is 6.08 Å². The summed E-state index contributed by atoms with van der Waals surface area (Å²) in [5.41, 5.74) is 1.16. The van der Waals surface area contributed by atoms with Crippen LogP contribution in [0.2, 0.25) is 0 Å². The molecule has 0 saturated carbocycles. The third-order valence-electron chi connectivity index (χ3n) is 2.43. The second-order valence-corrected chi connectivity index (χ2v) is 4.63. The fourth-order valence-corrected chi connectivity index (χ4v) is 2.45. The van der Waals surface area contributed by atoms with Crippen LogP contribution < -0.4 is 4.74 Å². The van der Waals surface area contributed by atoms with Crippen LogP contribution in [0.5, 0.6) is 5.75 Å². The minimum Gasteiger partial charge on any atom is -0.497 e. The number of ether oxygens (including phenoxy) is 1. The normalized spacial score (nSPS) is 9.94. The summed E-state index contributed by atoms with van der Waals surface area (Å²) in [4.78, 5) is 2.41. The molecule has 0 spiro atoms. The van der Waals surface area contributed by atoms with Gasteiger partial charge in [0, 0.05) is 9.79 Å². The van der Waals surface area contributed by atoms with E-state index in [2.05, 4.69) is 30.8 Å². The first-order valence-electron chi connectivity index (χ1n) is 5.37. The molecule has 0 fully saturated rings. The molecule has 0 aliphatic carbocycles. The Balaban J connectivity index is 2.22. The molecular weight excluding hydrogens is 228 g/mol. The van der Waals surface area contributed by atoms with Crippen LogP contribution >= 0.6 is 11.8 Å². The lowest BCUT2D eigenvalue weighted by atomic mass is 10.2. The van der Waals surface area contributed by atoms with Gasteiger partial charge in [-0.25, -0.2) is 0 Å². The lowest BCUT2D eigenvalue weighted by Crippen LogP contribution is -1.82. The molecule has 0 amide bonds. The molecule has 2 rings (SSSR count). The summed E-state index contributed by atoms with van der Waals surface area (Å²) in [5, 5.41) is 0. The smallest absolute Gasteiger partial charge is 0.118 e. The predicted octanol–water partition coefficient (Wildman–Crippen LogP) is 4.49. The maximum absolute atomic E-state index is 5.14. The molecule has 2 aromatic rings. The van der Waals surface area contributed by atoms with Gasteiger partial charge in [-0.05, 0) is 35.9 Å². The van der Waals surface area contributed by atoms with Gasteiger partial charge in [0.25, 0.3) is 0 Å². The quantitative estimate of drug-likeness (QED) is 0.781. The van der Waals surface area contributed by atoms with Gasteiger partial charge in [-0.1, -0.05) is 42.6 Å². The summed E-state index contributed by atoms with van der Waals surface area (Å²) < 4.78 is 5.14. The summed E-state index contributed by atoms with van der Waals surface area (Å²) >= 11 is 1.73. The van der Waals surface area contributed by atoms with Crippen LogP contribution in [0.3, 0.4) is 0 Å². The first-order chi connectivity index (χ1) is 8.33. The highest BCUT2D eigenvalue weighted by atomic mass is 32.2. The Hall–Kier alpha value is -1.67. The molecule has 0 radical (unpaired) electrons. The van der Waals surface area contributed by atoms with Crippen molar-refractivity contribution in [3.63, 3.8) is 0 Å². The van der Waals surface area contributed by atoms with Crippen LogP contribution in [-0.4, -0.2) is 7.11 Å². The largest absolute Gasteiger partial charge is 0.497 e. The third-order valence-corrected chi connectivity index (χ3v) is 3.53. The SMILES string of the molecule is C=Cc1ccccc1Sc1ccc(OC)cc1. The standard InChI is InChI=1S/C15H14OS/c1-3-12-6-4-5-7-15(12)17-14-10-8-13(16-2)9-11-14/h3-11H,1H2,2H3. The lowest BCUT2D eigenvalue weighted by molar-refractivity contribution is 0.414. The van der Waals surface area contributed by atoms with Gasteiger partial charge in [-0.3, -0.25) is 0 Å². The summed E-state index contributed by atoms with van der Waals surface area (Å²) in [5.74, 6) is 0.881. The van der Waals surface area contributed by atoms with Crippen LogP contribution in [0.15, 0.2) is 64.9 Å². The Labute approximate surface area is 106 Å². The lowest BCUT2D eigenvalue weighted by Gasteiger charge is -2.06. The Bertz CT molecular complexity index is 503. The van der Waals surface area contributed by atoms with Gasteiger partial charge >= 0.3 is 0 Å². The van der Waals surface area contributed by atoms with Gasteiger partial charge in [-0.2, -0.15) is 0 Å². The van der Waals surface area contributed by atoms with E-state index in [4.69, 9.17) is 4.74 Å². The molecule has 86 valence electrons. The Kier molecular flexibility index (Phi) is 3.89. The van der Waals surface area contributed by atoms with Crippen LogP contribution in [0, 0.1) is 0 Å². The molecule has 0 saturated heterocycles. The van der Waals surface area contributed by atoms with Crippen molar-refractivity contribution < 1.29 is 4.74 Å². The second-order valence-electron chi connectivity index (χ2n) is 3.52. The van der Waals surface area contributed by atoms with E-state index >= 15 is 0 Å². The van der Waals surface area contributed by atoms with Gasteiger partial charge < -0.3 is 4.74 Å². The Morgan fingerprint density at radius 2 is 1.76 bits per heavy atom. The summed E-state index contributed by atoms with van der Waals surface area (Å²) in [7, 11) is 1.68. The minimum absolute atomic E-state index is 0.881. The van der Waals surface area contributed by atoms with Crippen molar-refractivity contribution in [1.82, 2.24) is 0 Å². The molecule has 2 aromatic carbocycles. The van der Waals surface area contributed by atoms with Gasteiger partial charge in [0.1, 0.15) is 5.75 Å². The number of methoxy groups -OCH3 is 1.